The maximum Gasteiger partial charge on any atom is 0.412 e. The molecule has 11 N–H and O–H groups in total. The van der Waals surface area contributed by atoms with E-state index in [2.05, 4.69) is 96.4 Å². The molecule has 0 bridgehead atoms. The van der Waals surface area contributed by atoms with Crippen molar-refractivity contribution in [2.24, 2.45) is 5.11 Å². The Balaban J connectivity index is 0.000000213. The van der Waals surface area contributed by atoms with Gasteiger partial charge in [-0.05, 0) is 82.5 Å². The Kier molecular flexibility index (Phi) is 27.6. The van der Waals surface area contributed by atoms with E-state index >= 15 is 0 Å². The molecule has 14 aromatic rings. The van der Waals surface area contributed by atoms with Gasteiger partial charge in [-0.2, -0.15) is 0 Å². The number of azide groups is 1. The minimum Gasteiger partial charge on any atom is -0.478 e. The molecular weight excluding hydrogens is 1380 g/mol. The van der Waals surface area contributed by atoms with Crippen LogP contribution in [0.15, 0.2) is 184 Å². The molecule has 99 heavy (non-hydrogen) atoms. The second-order valence-electron chi connectivity index (χ2n) is 21.8. The van der Waals surface area contributed by atoms with Gasteiger partial charge in [-0.1, -0.05) is 75.5 Å². The molecule has 516 valence electrons. The van der Waals surface area contributed by atoms with Gasteiger partial charge in [0.15, 0.2) is 11.5 Å². The van der Waals surface area contributed by atoms with Crippen LogP contribution in [0.5, 0.6) is 0 Å². The molecule has 0 atom stereocenters. The fourth-order valence-corrected chi connectivity index (χ4v) is 8.43. The summed E-state index contributed by atoms with van der Waals surface area (Å²) in [7, 11) is 0. The lowest BCUT2D eigenvalue weighted by Crippen LogP contribution is -2.27. The molecule has 12 heterocycles. The number of halogens is 7. The van der Waals surface area contributed by atoms with Crippen molar-refractivity contribution in [2.75, 3.05) is 16.4 Å². The van der Waals surface area contributed by atoms with Crippen LogP contribution >= 0.6 is 28.3 Å². The third-order valence-corrected chi connectivity index (χ3v) is 12.5. The van der Waals surface area contributed by atoms with Crippen molar-refractivity contribution in [2.45, 2.75) is 67.6 Å². The number of carboxylic acids is 1. The van der Waals surface area contributed by atoms with Crippen LogP contribution in [0.25, 0.3) is 88.3 Å². The first-order chi connectivity index (χ1) is 45.7. The van der Waals surface area contributed by atoms with E-state index in [-0.39, 0.29) is 49.6 Å². The number of aromatic nitrogens is 12. The average molecular weight is 1450 g/mol. The first-order valence-corrected chi connectivity index (χ1v) is 28.9. The van der Waals surface area contributed by atoms with Gasteiger partial charge in [0.1, 0.15) is 62.9 Å². The fourth-order valence-electron chi connectivity index (χ4n) is 8.15. The number of nitrogens with zero attached hydrogens (tertiary/aromatic N) is 10. The van der Waals surface area contributed by atoms with E-state index in [9.17, 15) is 36.3 Å². The highest BCUT2D eigenvalue weighted by Crippen LogP contribution is 2.30. The zero-order valence-electron chi connectivity index (χ0n) is 51.7. The van der Waals surface area contributed by atoms with Crippen LogP contribution in [0.2, 0.25) is 0 Å². The minimum absolute atomic E-state index is 0. The second kappa shape index (κ2) is 35.1. The molecule has 0 saturated heterocycles. The van der Waals surface area contributed by atoms with E-state index in [1.165, 1.54) is 36.8 Å². The van der Waals surface area contributed by atoms with Gasteiger partial charge in [0.2, 0.25) is 0 Å². The summed E-state index contributed by atoms with van der Waals surface area (Å²) in [5, 5.41) is 28.1. The van der Waals surface area contributed by atoms with Crippen LogP contribution in [-0.2, 0) is 4.74 Å². The Hall–Kier alpha value is -12.0. The Morgan fingerprint density at radius 2 is 0.949 bits per heavy atom. The number of hydrogen-bond acceptors (Lipinski definition) is 16. The molecule has 0 fully saturated rings. The van der Waals surface area contributed by atoms with Gasteiger partial charge in [-0.25, -0.2) is 66.4 Å². The molecule has 2 aromatic carbocycles. The lowest BCUT2D eigenvalue weighted by atomic mass is 10.2. The molecule has 0 saturated carbocycles. The van der Waals surface area contributed by atoms with E-state index in [1.807, 2.05) is 60.7 Å². The van der Waals surface area contributed by atoms with E-state index in [1.54, 1.807) is 72.5 Å². The van der Waals surface area contributed by atoms with Crippen LogP contribution in [0, 0.1) is 29.1 Å². The number of aliphatic hydroxyl groups is 1. The molecule has 0 unspecified atom stereocenters. The van der Waals surface area contributed by atoms with Crippen molar-refractivity contribution in [3.63, 3.8) is 0 Å². The summed E-state index contributed by atoms with van der Waals surface area (Å²) in [6.45, 7) is 10.5. The molecule has 2 amide bonds. The maximum absolute atomic E-state index is 13.3. The van der Waals surface area contributed by atoms with E-state index < -0.39 is 52.4 Å². The number of fused-ring (bicyclic) bond motifs is 5. The molecule has 0 aliphatic carbocycles. The number of pyridine rings is 5. The zero-order chi connectivity index (χ0) is 69.3. The predicted octanol–water partition coefficient (Wildman–Crippen LogP) is 17.6. The predicted molar refractivity (Wildman–Crippen MR) is 373 cm³/mol. The lowest BCUT2D eigenvalue weighted by molar-refractivity contribution is 0.0633. The molecule has 14 rings (SSSR count). The number of carboxylic acid groups (broad SMARTS) is 1. The van der Waals surface area contributed by atoms with Crippen molar-refractivity contribution in [3.8, 4) is 22.6 Å². The van der Waals surface area contributed by atoms with Crippen LogP contribution in [0.3, 0.4) is 0 Å². The highest BCUT2D eigenvalue weighted by molar-refractivity contribution is 9.10. The summed E-state index contributed by atoms with van der Waals surface area (Å²) in [4.78, 5) is 77.4. The number of hydrogen-bond donors (Lipinski definition) is 10. The zero-order valence-corrected chi connectivity index (χ0v) is 54.1. The summed E-state index contributed by atoms with van der Waals surface area (Å²) in [6.07, 6.45) is 15.7. The van der Waals surface area contributed by atoms with Crippen molar-refractivity contribution >= 4 is 125 Å². The number of nitrogens with one attached hydrogen (secondary N) is 7. The maximum atomic E-state index is 13.3. The number of benzene rings is 2. The number of carbonyl (C=O) groups is 3. The number of carbonyl (C=O) groups excluding carboxylic acids is 2. The first kappa shape index (κ1) is 77.7. The third kappa shape index (κ3) is 22.6. The Morgan fingerprint density at radius 1 is 0.566 bits per heavy atom. The SMILES string of the molecule is Brc1ncc(-c2ccccc2)o1.C.C.CC(C)(C)O.CC(C)(C)OC(=O)Nc1c[nH]c2ncc(F)cc12.Cl.Fc1cnc2[nH]cc(Nc3ncc(-c4ccccc4)o3)c2c1.Nc1c[nH]c2ncc(F)cc12.O=C(O)c1c[nH]c2ncc(F)cc12.[N-]=[N+]=NC(=O)c1c[nH]c2ncc(F)cc12. The first-order valence-electron chi connectivity index (χ1n) is 28.1. The van der Waals surface area contributed by atoms with Crippen LogP contribution in [0.1, 0.15) is 77.1 Å². The van der Waals surface area contributed by atoms with E-state index in [0.717, 1.165) is 53.8 Å². The van der Waals surface area contributed by atoms with E-state index in [0.29, 0.717) is 83.4 Å². The van der Waals surface area contributed by atoms with E-state index in [4.69, 9.17) is 35.0 Å². The summed E-state index contributed by atoms with van der Waals surface area (Å²) in [6, 6.07) is 26.2. The number of H-pyrrole nitrogens is 5. The fraction of sp³-hybridized carbons (Fsp3) is 0.152. The number of aromatic amines is 5. The summed E-state index contributed by atoms with van der Waals surface area (Å²) in [5.41, 5.74) is 18.7. The van der Waals surface area contributed by atoms with Crippen molar-refractivity contribution < 1.29 is 60.1 Å². The van der Waals surface area contributed by atoms with Gasteiger partial charge < -0.3 is 59.8 Å². The second-order valence-corrected chi connectivity index (χ2v) is 22.4. The molecular formula is C66H65BrClF5N18O8. The van der Waals surface area contributed by atoms with Crippen molar-refractivity contribution in [1.29, 1.82) is 0 Å². The number of nitrogens with two attached hydrogens (primary N) is 1. The Labute approximate surface area is 574 Å². The van der Waals surface area contributed by atoms with Crippen LogP contribution < -0.4 is 16.4 Å². The quantitative estimate of drug-likeness (QED) is 0.0307. The minimum atomic E-state index is -1.10. The Morgan fingerprint density at radius 3 is 1.40 bits per heavy atom. The monoisotopic (exact) mass is 1450 g/mol. The number of amides is 2. The molecule has 0 aliphatic heterocycles. The summed E-state index contributed by atoms with van der Waals surface area (Å²) >= 11 is 3.15. The van der Waals surface area contributed by atoms with Gasteiger partial charge >= 0.3 is 12.1 Å². The van der Waals surface area contributed by atoms with Crippen LogP contribution in [-0.4, -0.2) is 99.2 Å². The normalized spacial score (nSPS) is 10.4. The van der Waals surface area contributed by atoms with Crippen molar-refractivity contribution in [3.05, 3.63) is 221 Å². The molecule has 0 radical (unpaired) electrons. The van der Waals surface area contributed by atoms with Gasteiger partial charge in [0, 0.05) is 89.9 Å². The molecule has 0 aliphatic rings. The average Bonchev–Trinajstić information content (AvgIpc) is 1.71. The van der Waals surface area contributed by atoms with Gasteiger partial charge in [-0.3, -0.25) is 10.1 Å². The number of rotatable bonds is 7. The number of nitrogen functional groups attached to an aromatic ring is 1. The summed E-state index contributed by atoms with van der Waals surface area (Å²) < 4.78 is 80.6. The summed E-state index contributed by atoms with van der Waals surface area (Å²) in [5.74, 6) is -2.76. The van der Waals surface area contributed by atoms with Gasteiger partial charge in [-0.15, -0.1) is 12.4 Å². The van der Waals surface area contributed by atoms with Crippen molar-refractivity contribution in [1.82, 2.24) is 59.8 Å². The topological polar surface area (TPSA) is 395 Å². The number of anilines is 4. The number of ether oxygens (including phenoxy) is 1. The molecule has 33 heteroatoms. The standard InChI is InChI=1S/C16H11FN4O.C12H14FN3O2.C9H6BrNO.C8H4FN5O.C8H5FN2O2.C7H6FN3.C4H10O.2CH4.ClH/c17-11-6-12-13(8-19-15(12)18-7-11)21-16-20-9-14(22-16)10-4-2-1-3-5-10;1-12(2,3)18-11(17)16-9-6-15-10-8(9)4-7(13)5-14-10;10-9-11-6-8(12-9)7-4-2-1-3-5-7;9-4-1-5-6(8(15)13-14-10)3-12-7(5)11-2-4;9-4-1-5-6(8(12)13)3-11-7(5)10-2-4;8-4-1-5-6(9)3-11-7(5)10-2-4;1-4(2,3)5;;;/h1-9H,(H,18,19)(H,20,21);4-6H,1-3H3,(H,14,15)(H,16,17);1-6H;1-3H,(H,11,12);1-3H,(H,10,11)(H,12,13);1-3H,9H2,(H,10,11);5H,1-3H3;2*1H4;1H. The van der Waals surface area contributed by atoms with Gasteiger partial charge in [0.25, 0.3) is 16.7 Å². The van der Waals surface area contributed by atoms with Crippen LogP contribution in [0.4, 0.5) is 49.8 Å². The number of aromatic carboxylic acids is 1. The Bertz CT molecular complexity index is 5020. The smallest absolute Gasteiger partial charge is 0.412 e. The molecule has 0 spiro atoms. The highest BCUT2D eigenvalue weighted by atomic mass is 79.9. The molecule has 26 nitrogen and oxygen atoms in total. The molecule has 12 aromatic heterocycles. The number of oxazole rings is 2. The highest BCUT2D eigenvalue weighted by Gasteiger charge is 2.19. The third-order valence-electron chi connectivity index (χ3n) is 12.1. The largest absolute Gasteiger partial charge is 0.478 e. The van der Waals surface area contributed by atoms with Gasteiger partial charge in [0.05, 0.1) is 77.2 Å². The lowest BCUT2D eigenvalue weighted by Gasteiger charge is -2.19.